The summed E-state index contributed by atoms with van der Waals surface area (Å²) in [4.78, 5) is 3.88. The average molecular weight is 218 g/mol. The van der Waals surface area contributed by atoms with Crippen LogP contribution in [-0.4, -0.2) is 13.4 Å². The van der Waals surface area contributed by atoms with Crippen molar-refractivity contribution in [1.82, 2.24) is 4.98 Å². The molecule has 0 saturated heterocycles. The molecular formula is C8H8ClNO2S. The maximum atomic E-state index is 11.0. The zero-order valence-corrected chi connectivity index (χ0v) is 8.29. The van der Waals surface area contributed by atoms with Crippen LogP contribution in [0.4, 0.5) is 0 Å². The lowest BCUT2D eigenvalue weighted by atomic mass is 10.3. The van der Waals surface area contributed by atoms with Crippen LogP contribution < -0.4 is 0 Å². The molecule has 1 aromatic heterocycles. The van der Waals surface area contributed by atoms with Gasteiger partial charge in [0.15, 0.2) is 0 Å². The highest BCUT2D eigenvalue weighted by atomic mass is 35.7. The third-order valence-corrected chi connectivity index (χ3v) is 3.11. The summed E-state index contributed by atoms with van der Waals surface area (Å²) in [6.45, 7) is 3.40. The van der Waals surface area contributed by atoms with Crippen molar-refractivity contribution in [3.63, 3.8) is 0 Å². The predicted molar refractivity (Wildman–Crippen MR) is 51.9 cm³/mol. The minimum Gasteiger partial charge on any atom is -0.260 e. The number of hydrogen-bond donors (Lipinski definition) is 0. The molecule has 1 rings (SSSR count). The van der Waals surface area contributed by atoms with Crippen molar-refractivity contribution >= 4 is 19.7 Å². The number of hydrogen-bond acceptors (Lipinski definition) is 3. The number of nitrogens with zero attached hydrogens (tertiary/aromatic N) is 1. The highest BCUT2D eigenvalue weighted by Gasteiger charge is 2.22. The monoisotopic (exact) mass is 217 g/mol. The Kier molecular flexibility index (Phi) is 3.06. The van der Waals surface area contributed by atoms with Gasteiger partial charge in [-0.1, -0.05) is 12.1 Å². The Balaban J connectivity index is 3.13. The van der Waals surface area contributed by atoms with Crippen LogP contribution in [0.1, 0.15) is 10.9 Å². The van der Waals surface area contributed by atoms with E-state index in [2.05, 4.69) is 11.6 Å². The number of pyridine rings is 1. The Morgan fingerprint density at radius 3 is 2.62 bits per heavy atom. The Bertz CT molecular complexity index is 388. The van der Waals surface area contributed by atoms with E-state index in [1.54, 1.807) is 18.2 Å². The molecule has 0 aromatic carbocycles. The zero-order chi connectivity index (χ0) is 9.90. The summed E-state index contributed by atoms with van der Waals surface area (Å²) in [5, 5.41) is -0.935. The smallest absolute Gasteiger partial charge is 0.244 e. The van der Waals surface area contributed by atoms with Gasteiger partial charge in [0, 0.05) is 16.9 Å². The molecule has 3 nitrogen and oxygen atoms in total. The summed E-state index contributed by atoms with van der Waals surface area (Å²) in [6.07, 6.45) is 2.76. The van der Waals surface area contributed by atoms with Crippen LogP contribution in [0.3, 0.4) is 0 Å². The van der Waals surface area contributed by atoms with Crippen LogP contribution in [0.5, 0.6) is 0 Å². The van der Waals surface area contributed by atoms with Crippen molar-refractivity contribution in [3.8, 4) is 0 Å². The van der Waals surface area contributed by atoms with E-state index < -0.39 is 14.3 Å². The molecule has 1 heterocycles. The highest BCUT2D eigenvalue weighted by molar-refractivity contribution is 8.14. The highest BCUT2D eigenvalue weighted by Crippen LogP contribution is 2.24. The van der Waals surface area contributed by atoms with E-state index >= 15 is 0 Å². The third kappa shape index (κ3) is 2.54. The first kappa shape index (κ1) is 10.2. The van der Waals surface area contributed by atoms with Crippen LogP contribution in [0.25, 0.3) is 0 Å². The summed E-state index contributed by atoms with van der Waals surface area (Å²) in [7, 11) is 1.52. The predicted octanol–water partition coefficient (Wildman–Crippen LogP) is 1.88. The van der Waals surface area contributed by atoms with E-state index in [4.69, 9.17) is 10.7 Å². The summed E-state index contributed by atoms with van der Waals surface area (Å²) in [5.74, 6) is 0. The Labute approximate surface area is 81.5 Å². The molecule has 0 spiro atoms. The first-order chi connectivity index (χ1) is 6.05. The van der Waals surface area contributed by atoms with Gasteiger partial charge in [0.2, 0.25) is 9.05 Å². The SMILES string of the molecule is C=CC(c1ccccn1)S(=O)(=O)Cl. The molecule has 0 aliphatic heterocycles. The lowest BCUT2D eigenvalue weighted by molar-refractivity contribution is 0.603. The molecule has 70 valence electrons. The maximum absolute atomic E-state index is 11.0. The second-order valence-electron chi connectivity index (χ2n) is 2.39. The third-order valence-electron chi connectivity index (χ3n) is 1.50. The zero-order valence-electron chi connectivity index (χ0n) is 6.72. The van der Waals surface area contributed by atoms with Crippen molar-refractivity contribution in [2.24, 2.45) is 0 Å². The molecular weight excluding hydrogens is 210 g/mol. The minimum atomic E-state index is -3.68. The Morgan fingerprint density at radius 1 is 1.54 bits per heavy atom. The second kappa shape index (κ2) is 3.89. The van der Waals surface area contributed by atoms with Crippen molar-refractivity contribution < 1.29 is 8.42 Å². The molecule has 5 heteroatoms. The van der Waals surface area contributed by atoms with Crippen molar-refractivity contribution in [2.45, 2.75) is 5.25 Å². The van der Waals surface area contributed by atoms with Crippen LogP contribution in [-0.2, 0) is 9.05 Å². The summed E-state index contributed by atoms with van der Waals surface area (Å²) < 4.78 is 22.0. The summed E-state index contributed by atoms with van der Waals surface area (Å²) >= 11 is 0. The van der Waals surface area contributed by atoms with Gasteiger partial charge in [-0.2, -0.15) is 0 Å². The largest absolute Gasteiger partial charge is 0.260 e. The maximum Gasteiger partial charge on any atom is 0.244 e. The van der Waals surface area contributed by atoms with Gasteiger partial charge in [0.1, 0.15) is 5.25 Å². The quantitative estimate of drug-likeness (QED) is 0.574. The summed E-state index contributed by atoms with van der Waals surface area (Å²) in [6, 6.07) is 4.98. The van der Waals surface area contributed by atoms with E-state index in [0.717, 1.165) is 0 Å². The number of rotatable bonds is 3. The molecule has 0 amide bonds. The molecule has 1 atom stereocenters. The topological polar surface area (TPSA) is 47.0 Å². The first-order valence-electron chi connectivity index (χ1n) is 3.52. The van der Waals surface area contributed by atoms with Crippen molar-refractivity contribution in [2.75, 3.05) is 0 Å². The molecule has 1 unspecified atom stereocenters. The molecule has 1 aromatic rings. The van der Waals surface area contributed by atoms with Crippen molar-refractivity contribution in [1.29, 1.82) is 0 Å². The van der Waals surface area contributed by atoms with Gasteiger partial charge < -0.3 is 0 Å². The van der Waals surface area contributed by atoms with Crippen molar-refractivity contribution in [3.05, 3.63) is 42.7 Å². The fourth-order valence-corrected chi connectivity index (χ4v) is 2.07. The van der Waals surface area contributed by atoms with E-state index in [1.165, 1.54) is 12.3 Å². The van der Waals surface area contributed by atoms with E-state index in [1.807, 2.05) is 0 Å². The standard InChI is InChI=1S/C8H8ClNO2S/c1-2-8(13(9,11)12)7-5-3-4-6-10-7/h2-6,8H,1H2. The molecule has 0 bridgehead atoms. The summed E-state index contributed by atoms with van der Waals surface area (Å²) in [5.41, 5.74) is 0.382. The molecule has 0 N–H and O–H groups in total. The van der Waals surface area contributed by atoms with Crippen LogP contribution in [0.15, 0.2) is 37.1 Å². The fourth-order valence-electron chi connectivity index (χ4n) is 0.924. The van der Waals surface area contributed by atoms with Crippen LogP contribution in [0, 0.1) is 0 Å². The molecule has 0 radical (unpaired) electrons. The number of halogens is 1. The lowest BCUT2D eigenvalue weighted by Crippen LogP contribution is -2.05. The second-order valence-corrected chi connectivity index (χ2v) is 5.14. The van der Waals surface area contributed by atoms with E-state index in [0.29, 0.717) is 5.69 Å². The van der Waals surface area contributed by atoms with E-state index in [9.17, 15) is 8.42 Å². The molecule has 0 saturated carbocycles. The molecule has 0 fully saturated rings. The van der Waals surface area contributed by atoms with Gasteiger partial charge in [0.25, 0.3) is 0 Å². The Morgan fingerprint density at radius 2 is 2.23 bits per heavy atom. The fraction of sp³-hybridized carbons (Fsp3) is 0.125. The van der Waals surface area contributed by atoms with Gasteiger partial charge in [-0.05, 0) is 12.1 Å². The Hall–Kier alpha value is -0.870. The average Bonchev–Trinajstić information content (AvgIpc) is 2.05. The van der Waals surface area contributed by atoms with E-state index in [-0.39, 0.29) is 0 Å². The molecule has 13 heavy (non-hydrogen) atoms. The lowest BCUT2D eigenvalue weighted by Gasteiger charge is -2.06. The van der Waals surface area contributed by atoms with Crippen LogP contribution in [0.2, 0.25) is 0 Å². The number of aromatic nitrogens is 1. The minimum absolute atomic E-state index is 0.382. The van der Waals surface area contributed by atoms with Crippen LogP contribution >= 0.6 is 10.7 Å². The first-order valence-corrected chi connectivity index (χ1v) is 5.90. The van der Waals surface area contributed by atoms with Gasteiger partial charge in [-0.25, -0.2) is 8.42 Å². The molecule has 0 aliphatic rings. The van der Waals surface area contributed by atoms with Gasteiger partial charge >= 0.3 is 0 Å². The molecule has 0 aliphatic carbocycles. The van der Waals surface area contributed by atoms with Gasteiger partial charge in [0.05, 0.1) is 5.69 Å². The normalized spacial score (nSPS) is 13.6. The van der Waals surface area contributed by atoms with Gasteiger partial charge in [-0.3, -0.25) is 4.98 Å². The van der Waals surface area contributed by atoms with Gasteiger partial charge in [-0.15, -0.1) is 6.58 Å².